The fourth-order valence-electron chi connectivity index (χ4n) is 5.15. The molecule has 8 nitrogen and oxygen atoms in total. The summed E-state index contributed by atoms with van der Waals surface area (Å²) in [6, 6.07) is 6.47. The lowest BCUT2D eigenvalue weighted by atomic mass is 9.89. The lowest BCUT2D eigenvalue weighted by Crippen LogP contribution is -2.37. The molecule has 0 bridgehead atoms. The first-order valence-corrected chi connectivity index (χ1v) is 11.2. The van der Waals surface area contributed by atoms with Gasteiger partial charge in [0.05, 0.1) is 49.0 Å². The van der Waals surface area contributed by atoms with E-state index in [1.165, 1.54) is 12.5 Å². The second-order valence-electron chi connectivity index (χ2n) is 8.83. The van der Waals surface area contributed by atoms with Gasteiger partial charge in [-0.05, 0) is 30.5 Å². The molecule has 0 aliphatic carbocycles. The Morgan fingerprint density at radius 1 is 1.25 bits per heavy atom. The summed E-state index contributed by atoms with van der Waals surface area (Å²) in [7, 11) is 0. The predicted molar refractivity (Wildman–Crippen MR) is 119 cm³/mol. The number of nitrogens with zero attached hydrogens (tertiary/aromatic N) is 3. The standard InChI is InChI=1S/C24H26N4O4/c1-15(29)26-22-10-18-19(12-28(21(18)11-25-22)17-5-7-30-13-17)20-3-2-16-4-8-32-24(23(16)27-20)6-9-31-14-24/h2-3,10-12,17H,4-9,13-14H2,1H3,(H,25,26,29). The van der Waals surface area contributed by atoms with Crippen molar-refractivity contribution in [1.82, 2.24) is 14.5 Å². The first-order chi connectivity index (χ1) is 15.6. The molecule has 3 aromatic heterocycles. The second kappa shape index (κ2) is 7.65. The van der Waals surface area contributed by atoms with Crippen molar-refractivity contribution in [1.29, 1.82) is 0 Å². The zero-order valence-corrected chi connectivity index (χ0v) is 18.1. The highest BCUT2D eigenvalue weighted by atomic mass is 16.6. The largest absolute Gasteiger partial charge is 0.379 e. The van der Waals surface area contributed by atoms with E-state index in [2.05, 4.69) is 33.2 Å². The highest BCUT2D eigenvalue weighted by molar-refractivity contribution is 5.98. The van der Waals surface area contributed by atoms with Crippen LogP contribution in [0.25, 0.3) is 22.2 Å². The predicted octanol–water partition coefficient (Wildman–Crippen LogP) is 3.21. The van der Waals surface area contributed by atoms with E-state index in [0.29, 0.717) is 32.2 Å². The molecular weight excluding hydrogens is 408 g/mol. The van der Waals surface area contributed by atoms with Crippen molar-refractivity contribution in [3.63, 3.8) is 0 Å². The van der Waals surface area contributed by atoms with E-state index >= 15 is 0 Å². The van der Waals surface area contributed by atoms with Crippen molar-refractivity contribution in [3.05, 3.63) is 41.9 Å². The first kappa shape index (κ1) is 19.8. The van der Waals surface area contributed by atoms with Crippen molar-refractivity contribution in [2.75, 3.05) is 38.4 Å². The number of amides is 1. The molecule has 3 aliphatic heterocycles. The van der Waals surface area contributed by atoms with E-state index in [-0.39, 0.29) is 11.9 Å². The number of carbonyl (C=O) groups is 1. The average Bonchev–Trinajstić information content (AvgIpc) is 3.54. The molecule has 8 heteroatoms. The van der Waals surface area contributed by atoms with Crippen molar-refractivity contribution >= 4 is 22.6 Å². The van der Waals surface area contributed by atoms with Crippen LogP contribution in [0.5, 0.6) is 0 Å². The Bertz CT molecular complexity index is 1190. The molecule has 6 heterocycles. The molecule has 2 fully saturated rings. The van der Waals surface area contributed by atoms with E-state index in [0.717, 1.165) is 53.7 Å². The van der Waals surface area contributed by atoms with Crippen LogP contribution in [0.4, 0.5) is 5.82 Å². The molecule has 166 valence electrons. The number of carbonyl (C=O) groups excluding carboxylic acids is 1. The van der Waals surface area contributed by atoms with Crippen LogP contribution >= 0.6 is 0 Å². The summed E-state index contributed by atoms with van der Waals surface area (Å²) in [5, 5.41) is 3.81. The van der Waals surface area contributed by atoms with Gasteiger partial charge < -0.3 is 24.1 Å². The summed E-state index contributed by atoms with van der Waals surface area (Å²) in [6.07, 6.45) is 6.63. The van der Waals surface area contributed by atoms with Crippen LogP contribution in [0, 0.1) is 0 Å². The van der Waals surface area contributed by atoms with Crippen LogP contribution in [0.1, 0.15) is 37.1 Å². The number of anilines is 1. The zero-order valence-electron chi connectivity index (χ0n) is 18.1. The quantitative estimate of drug-likeness (QED) is 0.681. The second-order valence-corrected chi connectivity index (χ2v) is 8.83. The number of pyridine rings is 2. The molecule has 0 saturated carbocycles. The van der Waals surface area contributed by atoms with E-state index in [4.69, 9.17) is 19.2 Å². The molecule has 6 rings (SSSR count). The summed E-state index contributed by atoms with van der Waals surface area (Å²) in [4.78, 5) is 21.2. The Kier molecular flexibility index (Phi) is 4.74. The van der Waals surface area contributed by atoms with Crippen molar-refractivity contribution in [2.45, 2.75) is 37.8 Å². The van der Waals surface area contributed by atoms with Gasteiger partial charge in [-0.15, -0.1) is 0 Å². The zero-order chi connectivity index (χ0) is 21.7. The Balaban J connectivity index is 1.51. The Morgan fingerprint density at radius 2 is 2.19 bits per heavy atom. The molecule has 0 radical (unpaired) electrons. The van der Waals surface area contributed by atoms with Crippen LogP contribution < -0.4 is 5.32 Å². The van der Waals surface area contributed by atoms with E-state index in [1.807, 2.05) is 12.3 Å². The SMILES string of the molecule is CC(=O)Nc1cc2c(-c3ccc4c(n3)C3(CCOC3)OCC4)cn(C3CCOC3)c2cn1. The van der Waals surface area contributed by atoms with Crippen LogP contribution in [0.15, 0.2) is 30.6 Å². The van der Waals surface area contributed by atoms with Gasteiger partial charge in [0.15, 0.2) is 0 Å². The number of hydrogen-bond donors (Lipinski definition) is 1. The molecule has 1 amide bonds. The smallest absolute Gasteiger partial charge is 0.222 e. The molecular formula is C24H26N4O4. The highest BCUT2D eigenvalue weighted by Gasteiger charge is 2.43. The minimum atomic E-state index is -0.440. The molecule has 3 aliphatic rings. The van der Waals surface area contributed by atoms with Crippen molar-refractivity contribution in [2.24, 2.45) is 0 Å². The molecule has 2 saturated heterocycles. The molecule has 2 atom stereocenters. The van der Waals surface area contributed by atoms with E-state index in [1.54, 1.807) is 0 Å². The highest BCUT2D eigenvalue weighted by Crippen LogP contribution is 2.41. The third-order valence-electron chi connectivity index (χ3n) is 6.74. The summed E-state index contributed by atoms with van der Waals surface area (Å²) in [5.74, 6) is 0.392. The van der Waals surface area contributed by atoms with Gasteiger partial charge >= 0.3 is 0 Å². The number of nitrogens with one attached hydrogen (secondary N) is 1. The molecule has 0 aromatic carbocycles. The fourth-order valence-corrected chi connectivity index (χ4v) is 5.15. The number of aromatic nitrogens is 3. The third kappa shape index (κ3) is 3.21. The average molecular weight is 434 g/mol. The summed E-state index contributed by atoms with van der Waals surface area (Å²) in [6.45, 7) is 4.87. The fraction of sp³-hybridized carbons (Fsp3) is 0.458. The van der Waals surface area contributed by atoms with Crippen LogP contribution in [-0.4, -0.2) is 53.5 Å². The lowest BCUT2D eigenvalue weighted by Gasteiger charge is -2.33. The van der Waals surface area contributed by atoms with Crippen LogP contribution in [0.3, 0.4) is 0 Å². The van der Waals surface area contributed by atoms with Gasteiger partial charge in [0.1, 0.15) is 11.4 Å². The minimum absolute atomic E-state index is 0.144. The van der Waals surface area contributed by atoms with Crippen LogP contribution in [0.2, 0.25) is 0 Å². The van der Waals surface area contributed by atoms with E-state index in [9.17, 15) is 4.79 Å². The molecule has 3 aromatic rings. The Labute approximate surface area is 185 Å². The molecule has 1 N–H and O–H groups in total. The maximum atomic E-state index is 11.6. The maximum Gasteiger partial charge on any atom is 0.222 e. The molecule has 2 unspecified atom stereocenters. The number of ether oxygens (including phenoxy) is 3. The maximum absolute atomic E-state index is 11.6. The van der Waals surface area contributed by atoms with Crippen LogP contribution in [-0.2, 0) is 31.0 Å². The van der Waals surface area contributed by atoms with Gasteiger partial charge in [0.25, 0.3) is 0 Å². The summed E-state index contributed by atoms with van der Waals surface area (Å²) in [5.41, 5.74) is 4.72. The minimum Gasteiger partial charge on any atom is -0.379 e. The lowest BCUT2D eigenvalue weighted by molar-refractivity contribution is -0.114. The van der Waals surface area contributed by atoms with Crippen molar-refractivity contribution < 1.29 is 19.0 Å². The third-order valence-corrected chi connectivity index (χ3v) is 6.74. The van der Waals surface area contributed by atoms with Gasteiger partial charge in [-0.1, -0.05) is 6.07 Å². The van der Waals surface area contributed by atoms with Gasteiger partial charge in [-0.3, -0.25) is 4.79 Å². The Morgan fingerprint density at radius 3 is 2.97 bits per heavy atom. The Hall–Kier alpha value is -2.81. The van der Waals surface area contributed by atoms with Crippen molar-refractivity contribution in [3.8, 4) is 11.3 Å². The van der Waals surface area contributed by atoms with Gasteiger partial charge in [-0.25, -0.2) is 9.97 Å². The number of hydrogen-bond acceptors (Lipinski definition) is 6. The topological polar surface area (TPSA) is 87.5 Å². The molecule has 32 heavy (non-hydrogen) atoms. The summed E-state index contributed by atoms with van der Waals surface area (Å²) < 4.78 is 19.8. The van der Waals surface area contributed by atoms with Gasteiger partial charge in [0.2, 0.25) is 5.91 Å². The van der Waals surface area contributed by atoms with Gasteiger partial charge in [-0.2, -0.15) is 0 Å². The van der Waals surface area contributed by atoms with Gasteiger partial charge in [0, 0.05) is 43.7 Å². The first-order valence-electron chi connectivity index (χ1n) is 11.2. The normalized spacial score (nSPS) is 24.8. The monoisotopic (exact) mass is 434 g/mol. The summed E-state index contributed by atoms with van der Waals surface area (Å²) >= 11 is 0. The number of fused-ring (bicyclic) bond motifs is 3. The van der Waals surface area contributed by atoms with E-state index < -0.39 is 5.60 Å². The number of rotatable bonds is 3. The molecule has 1 spiro atoms.